The average molecular weight is 631 g/mol. The highest BCUT2D eigenvalue weighted by Crippen LogP contribution is 2.15. The van der Waals surface area contributed by atoms with Gasteiger partial charge in [-0.2, -0.15) is 11.8 Å². The summed E-state index contributed by atoms with van der Waals surface area (Å²) in [6.07, 6.45) is 37.2. The van der Waals surface area contributed by atoms with E-state index in [1.807, 2.05) is 0 Å². The smallest absolute Gasteiger partial charge is 0.0863 e. The van der Waals surface area contributed by atoms with E-state index in [9.17, 15) is 10.2 Å². The fourth-order valence-electron chi connectivity index (χ4n) is 5.67. The molecule has 0 saturated heterocycles. The highest BCUT2D eigenvalue weighted by Gasteiger charge is 2.09. The minimum absolute atomic E-state index is 0.400. The molecule has 0 aromatic carbocycles. The summed E-state index contributed by atoms with van der Waals surface area (Å²) in [6, 6.07) is 0. The Kier molecular flexibility index (Phi) is 38.5. The first-order valence-electron chi connectivity index (χ1n) is 19.3. The van der Waals surface area contributed by atoms with E-state index in [2.05, 4.69) is 13.8 Å². The average Bonchev–Trinajstić information content (AvgIpc) is 3.00. The van der Waals surface area contributed by atoms with Gasteiger partial charge < -0.3 is 19.7 Å². The van der Waals surface area contributed by atoms with Crippen LogP contribution in [0.1, 0.15) is 194 Å². The first-order valence-corrected chi connectivity index (χ1v) is 20.5. The van der Waals surface area contributed by atoms with Gasteiger partial charge in [0, 0.05) is 24.7 Å². The fourth-order valence-corrected chi connectivity index (χ4v) is 6.55. The highest BCUT2D eigenvalue weighted by atomic mass is 32.2. The van der Waals surface area contributed by atoms with E-state index in [0.29, 0.717) is 24.7 Å². The van der Waals surface area contributed by atoms with E-state index < -0.39 is 12.2 Å². The van der Waals surface area contributed by atoms with Gasteiger partial charge in [-0.05, 0) is 12.8 Å². The van der Waals surface area contributed by atoms with E-state index >= 15 is 0 Å². The zero-order chi connectivity index (χ0) is 31.3. The molecule has 0 spiro atoms. The third kappa shape index (κ3) is 38.3. The summed E-state index contributed by atoms with van der Waals surface area (Å²) >= 11 is 1.59. The van der Waals surface area contributed by atoms with E-state index in [-0.39, 0.29) is 0 Å². The quantitative estimate of drug-likeness (QED) is 0.0665. The Balaban J connectivity index is 3.25. The third-order valence-electron chi connectivity index (χ3n) is 8.53. The number of rotatable bonds is 38. The lowest BCUT2D eigenvalue weighted by Crippen LogP contribution is -2.22. The zero-order valence-corrected chi connectivity index (χ0v) is 30.1. The number of ether oxygens (including phenoxy) is 2. The molecule has 5 heteroatoms. The van der Waals surface area contributed by atoms with Crippen LogP contribution < -0.4 is 0 Å². The van der Waals surface area contributed by atoms with Gasteiger partial charge in [0.05, 0.1) is 25.4 Å². The molecular formula is C38H78O4S. The van der Waals surface area contributed by atoms with Crippen LogP contribution in [0.4, 0.5) is 0 Å². The second-order valence-corrected chi connectivity index (χ2v) is 14.3. The summed E-state index contributed by atoms with van der Waals surface area (Å²) in [7, 11) is 0. The Morgan fingerprint density at radius 3 is 0.860 bits per heavy atom. The highest BCUT2D eigenvalue weighted by molar-refractivity contribution is 7.99. The largest absolute Gasteiger partial charge is 0.390 e. The molecule has 0 fully saturated rings. The van der Waals surface area contributed by atoms with E-state index in [1.165, 1.54) is 167 Å². The van der Waals surface area contributed by atoms with Crippen LogP contribution >= 0.6 is 11.8 Å². The molecule has 0 heterocycles. The summed E-state index contributed by atoms with van der Waals surface area (Å²) in [6.45, 7) is 6.86. The molecule has 4 nitrogen and oxygen atoms in total. The molecule has 0 aliphatic rings. The third-order valence-corrected chi connectivity index (χ3v) is 9.77. The monoisotopic (exact) mass is 631 g/mol. The van der Waals surface area contributed by atoms with Crippen molar-refractivity contribution < 1.29 is 19.7 Å². The Hall–Kier alpha value is 0.190. The topological polar surface area (TPSA) is 58.9 Å². The summed E-state index contributed by atoms with van der Waals surface area (Å²) in [5.41, 5.74) is 0. The van der Waals surface area contributed by atoms with Crippen LogP contribution in [0, 0.1) is 0 Å². The summed E-state index contributed by atoms with van der Waals surface area (Å²) in [5.74, 6) is 1.21. The number of aliphatic hydroxyl groups is 2. The van der Waals surface area contributed by atoms with Gasteiger partial charge in [-0.25, -0.2) is 0 Å². The van der Waals surface area contributed by atoms with Gasteiger partial charge in [-0.3, -0.25) is 0 Å². The molecular weight excluding hydrogens is 552 g/mol. The molecule has 0 saturated carbocycles. The van der Waals surface area contributed by atoms with Crippen molar-refractivity contribution in [2.75, 3.05) is 37.9 Å². The molecule has 2 N–H and O–H groups in total. The van der Waals surface area contributed by atoms with Gasteiger partial charge in [0.15, 0.2) is 0 Å². The first-order chi connectivity index (χ1) is 21.2. The van der Waals surface area contributed by atoms with Crippen LogP contribution in [0.15, 0.2) is 0 Å². The van der Waals surface area contributed by atoms with Crippen molar-refractivity contribution in [2.45, 2.75) is 206 Å². The maximum absolute atomic E-state index is 10.1. The lowest BCUT2D eigenvalue weighted by molar-refractivity contribution is 0.0442. The summed E-state index contributed by atoms with van der Waals surface area (Å²) in [5, 5.41) is 20.3. The first kappa shape index (κ1) is 43.2. The Morgan fingerprint density at radius 2 is 0.605 bits per heavy atom. The lowest BCUT2D eigenvalue weighted by atomic mass is 10.0. The van der Waals surface area contributed by atoms with Crippen LogP contribution in [-0.4, -0.2) is 60.4 Å². The predicted octanol–water partition coefficient (Wildman–Crippen LogP) is 11.4. The van der Waals surface area contributed by atoms with Gasteiger partial charge >= 0.3 is 0 Å². The Bertz CT molecular complexity index is 451. The number of hydrogen-bond acceptors (Lipinski definition) is 5. The molecule has 2 atom stereocenters. The van der Waals surface area contributed by atoms with Crippen LogP contribution in [0.5, 0.6) is 0 Å². The minimum atomic E-state index is -0.458. The maximum Gasteiger partial charge on any atom is 0.0863 e. The minimum Gasteiger partial charge on any atom is -0.390 e. The van der Waals surface area contributed by atoms with E-state index in [1.54, 1.807) is 11.8 Å². The number of aliphatic hydroxyl groups excluding tert-OH is 2. The Labute approximate surface area is 274 Å². The van der Waals surface area contributed by atoms with Crippen molar-refractivity contribution >= 4 is 11.8 Å². The molecule has 0 amide bonds. The molecule has 0 aliphatic carbocycles. The van der Waals surface area contributed by atoms with Crippen molar-refractivity contribution in [1.82, 2.24) is 0 Å². The van der Waals surface area contributed by atoms with Crippen molar-refractivity contribution in [2.24, 2.45) is 0 Å². The molecule has 0 rings (SSSR count). The van der Waals surface area contributed by atoms with E-state index in [0.717, 1.165) is 26.1 Å². The van der Waals surface area contributed by atoms with Crippen LogP contribution in [0.25, 0.3) is 0 Å². The van der Waals surface area contributed by atoms with Crippen LogP contribution in [0.2, 0.25) is 0 Å². The van der Waals surface area contributed by atoms with Gasteiger partial charge in [-0.15, -0.1) is 0 Å². The molecule has 0 radical (unpaired) electrons. The van der Waals surface area contributed by atoms with Crippen molar-refractivity contribution in [1.29, 1.82) is 0 Å². The molecule has 260 valence electrons. The van der Waals surface area contributed by atoms with E-state index in [4.69, 9.17) is 9.47 Å². The predicted molar refractivity (Wildman–Crippen MR) is 192 cm³/mol. The standard InChI is InChI=1S/C38H78O4S/c1-3-5-7-9-11-13-15-17-19-21-23-25-27-29-31-41-33-37(39)35-43-36-38(40)34-42-32-30-28-26-24-22-20-18-16-14-12-10-8-6-4-2/h37-40H,3-36H2,1-2H3. The van der Waals surface area contributed by atoms with Crippen molar-refractivity contribution in [3.8, 4) is 0 Å². The normalized spacial score (nSPS) is 13.1. The number of thioether (sulfide) groups is 1. The molecule has 0 aliphatic heterocycles. The van der Waals surface area contributed by atoms with Crippen LogP contribution in [-0.2, 0) is 9.47 Å². The Morgan fingerprint density at radius 1 is 0.372 bits per heavy atom. The summed E-state index contributed by atoms with van der Waals surface area (Å²) < 4.78 is 11.3. The maximum atomic E-state index is 10.1. The van der Waals surface area contributed by atoms with Crippen molar-refractivity contribution in [3.05, 3.63) is 0 Å². The molecule has 0 aromatic rings. The molecule has 0 aromatic heterocycles. The summed E-state index contributed by atoms with van der Waals surface area (Å²) in [4.78, 5) is 0. The number of hydrogen-bond donors (Lipinski definition) is 2. The van der Waals surface area contributed by atoms with Crippen LogP contribution in [0.3, 0.4) is 0 Å². The lowest BCUT2D eigenvalue weighted by Gasteiger charge is -2.14. The van der Waals surface area contributed by atoms with Gasteiger partial charge in [-0.1, -0.05) is 181 Å². The molecule has 0 bridgehead atoms. The number of unbranched alkanes of at least 4 members (excludes halogenated alkanes) is 26. The van der Waals surface area contributed by atoms with Gasteiger partial charge in [0.1, 0.15) is 0 Å². The zero-order valence-electron chi connectivity index (χ0n) is 29.3. The second kappa shape index (κ2) is 38.4. The SMILES string of the molecule is CCCCCCCCCCCCCCCCOCC(O)CSCC(O)COCCCCCCCCCCCCCCCC. The van der Waals surface area contributed by atoms with Gasteiger partial charge in [0.2, 0.25) is 0 Å². The molecule has 43 heavy (non-hydrogen) atoms. The molecule has 2 unspecified atom stereocenters. The fraction of sp³-hybridized carbons (Fsp3) is 1.00. The van der Waals surface area contributed by atoms with Crippen molar-refractivity contribution in [3.63, 3.8) is 0 Å². The van der Waals surface area contributed by atoms with Gasteiger partial charge in [0.25, 0.3) is 0 Å². The second-order valence-electron chi connectivity index (χ2n) is 13.2.